The van der Waals surface area contributed by atoms with Crippen molar-refractivity contribution in [3.8, 4) is 0 Å². The number of nitrogens with one attached hydrogen (secondary N) is 2. The first-order chi connectivity index (χ1) is 10.9. The van der Waals surface area contributed by atoms with Crippen LogP contribution < -0.4 is 21.0 Å². The summed E-state index contributed by atoms with van der Waals surface area (Å²) in [5.74, 6) is 0. The van der Waals surface area contributed by atoms with E-state index < -0.39 is 0 Å². The molecule has 2 heterocycles. The van der Waals surface area contributed by atoms with Gasteiger partial charge in [0.05, 0.1) is 17.1 Å². The summed E-state index contributed by atoms with van der Waals surface area (Å²) in [5.41, 5.74) is 11.7. The van der Waals surface area contributed by atoms with E-state index in [1.165, 1.54) is 10.8 Å². The van der Waals surface area contributed by atoms with E-state index in [9.17, 15) is 0 Å². The summed E-state index contributed by atoms with van der Waals surface area (Å²) in [5, 5.41) is 4.43. The minimum atomic E-state index is 1.02. The molecule has 4 nitrogen and oxygen atoms in total. The Balaban J connectivity index is 1.76. The molecule has 106 valence electrons. The molecule has 0 radical (unpaired) electrons. The van der Waals surface area contributed by atoms with Gasteiger partial charge in [-0.3, -0.25) is 5.01 Å². The van der Waals surface area contributed by atoms with E-state index in [0.717, 1.165) is 28.1 Å². The molecule has 0 fully saturated rings. The lowest BCUT2D eigenvalue weighted by atomic mass is 10.1. The number of benzene rings is 3. The van der Waals surface area contributed by atoms with Crippen molar-refractivity contribution in [3.63, 3.8) is 0 Å². The summed E-state index contributed by atoms with van der Waals surface area (Å²) >= 11 is 0. The summed E-state index contributed by atoms with van der Waals surface area (Å²) in [4.78, 5) is 4.70. The molecule has 1 aliphatic rings. The van der Waals surface area contributed by atoms with E-state index in [2.05, 4.69) is 58.4 Å². The van der Waals surface area contributed by atoms with Crippen molar-refractivity contribution < 1.29 is 0 Å². The molecule has 0 amide bonds. The van der Waals surface area contributed by atoms with E-state index in [-0.39, 0.29) is 0 Å². The van der Waals surface area contributed by atoms with Crippen LogP contribution in [0.3, 0.4) is 0 Å². The molecule has 4 heteroatoms. The van der Waals surface area contributed by atoms with Gasteiger partial charge in [0.15, 0.2) is 0 Å². The minimum Gasteiger partial charge on any atom is -0.657 e. The second kappa shape index (κ2) is 4.26. The molecule has 0 saturated carbocycles. The van der Waals surface area contributed by atoms with Gasteiger partial charge < -0.3 is 10.4 Å². The summed E-state index contributed by atoms with van der Waals surface area (Å²) < 4.78 is 0. The van der Waals surface area contributed by atoms with Gasteiger partial charge in [0, 0.05) is 0 Å². The van der Waals surface area contributed by atoms with Gasteiger partial charge >= 0.3 is 0 Å². The van der Waals surface area contributed by atoms with Gasteiger partial charge in [-0.15, -0.1) is 16.6 Å². The van der Waals surface area contributed by atoms with Crippen LogP contribution in [0.25, 0.3) is 21.8 Å². The molecule has 5 rings (SSSR count). The second-order valence-corrected chi connectivity index (χ2v) is 5.42. The highest BCUT2D eigenvalue weighted by atomic mass is 15.7. The van der Waals surface area contributed by atoms with Crippen LogP contribution in [0.1, 0.15) is 0 Å². The van der Waals surface area contributed by atoms with Gasteiger partial charge in [0.25, 0.3) is 0 Å². The Morgan fingerprint density at radius 1 is 0.773 bits per heavy atom. The fraction of sp³-hybridized carbons (Fsp3) is 0. The SMILES string of the molecule is c1ccc(N2NNc3cc4[n-]c5ccccc5c4cc32)cc1. The maximum Gasteiger partial charge on any atom is 0.0846 e. The zero-order valence-corrected chi connectivity index (χ0v) is 11.7. The summed E-state index contributed by atoms with van der Waals surface area (Å²) in [6.07, 6.45) is 0. The van der Waals surface area contributed by atoms with E-state index >= 15 is 0 Å². The van der Waals surface area contributed by atoms with E-state index in [1.54, 1.807) is 0 Å². The van der Waals surface area contributed by atoms with Crippen molar-refractivity contribution in [3.05, 3.63) is 66.7 Å². The molecule has 3 aromatic carbocycles. The molecular weight excluding hydrogens is 272 g/mol. The predicted molar refractivity (Wildman–Crippen MR) is 90.1 cm³/mol. The van der Waals surface area contributed by atoms with Crippen molar-refractivity contribution in [2.24, 2.45) is 0 Å². The molecule has 0 atom stereocenters. The van der Waals surface area contributed by atoms with Crippen LogP contribution >= 0.6 is 0 Å². The molecular formula is C18H13N4-. The standard InChI is InChI=1S/C18H13N4/c1-2-6-12(7-3-1)22-18-10-14-13-8-4-5-9-15(13)19-16(14)11-17(18)20-21-22/h1-11,20-21H/q-1. The molecule has 0 aliphatic carbocycles. The Labute approximate surface area is 127 Å². The molecule has 0 spiro atoms. The third-order valence-electron chi connectivity index (χ3n) is 4.11. The van der Waals surface area contributed by atoms with E-state index in [1.807, 2.05) is 24.3 Å². The molecule has 1 aromatic heterocycles. The van der Waals surface area contributed by atoms with Crippen molar-refractivity contribution >= 4 is 38.9 Å². The first-order valence-electron chi connectivity index (χ1n) is 7.26. The van der Waals surface area contributed by atoms with Gasteiger partial charge in [-0.1, -0.05) is 42.5 Å². The number of anilines is 3. The average molecular weight is 285 g/mol. The second-order valence-electron chi connectivity index (χ2n) is 5.42. The highest BCUT2D eigenvalue weighted by molar-refractivity contribution is 6.10. The zero-order chi connectivity index (χ0) is 14.5. The predicted octanol–water partition coefficient (Wildman–Crippen LogP) is 3.93. The van der Waals surface area contributed by atoms with Crippen LogP contribution in [0, 0.1) is 0 Å². The Morgan fingerprint density at radius 3 is 2.50 bits per heavy atom. The molecule has 0 saturated heterocycles. The van der Waals surface area contributed by atoms with Crippen molar-refractivity contribution in [1.82, 2.24) is 10.5 Å². The Kier molecular flexibility index (Phi) is 2.25. The topological polar surface area (TPSA) is 41.4 Å². The third-order valence-corrected chi connectivity index (χ3v) is 4.11. The number of para-hydroxylation sites is 2. The first-order valence-corrected chi connectivity index (χ1v) is 7.26. The number of fused-ring (bicyclic) bond motifs is 4. The number of rotatable bonds is 1. The summed E-state index contributed by atoms with van der Waals surface area (Å²) in [6.45, 7) is 0. The van der Waals surface area contributed by atoms with Crippen LogP contribution in [0.4, 0.5) is 17.1 Å². The lowest BCUT2D eigenvalue weighted by Gasteiger charge is -2.18. The van der Waals surface area contributed by atoms with Gasteiger partial charge in [-0.2, -0.15) is 0 Å². The lowest BCUT2D eigenvalue weighted by molar-refractivity contribution is 0.864. The number of hydrazine groups is 2. The van der Waals surface area contributed by atoms with Crippen LogP contribution in [0.5, 0.6) is 0 Å². The van der Waals surface area contributed by atoms with Crippen LogP contribution in [-0.2, 0) is 0 Å². The first kappa shape index (κ1) is 11.7. The fourth-order valence-electron chi connectivity index (χ4n) is 3.06. The van der Waals surface area contributed by atoms with Crippen LogP contribution in [0.15, 0.2) is 66.7 Å². The number of nitrogens with zero attached hydrogens (tertiary/aromatic N) is 2. The Morgan fingerprint density at radius 2 is 1.59 bits per heavy atom. The van der Waals surface area contributed by atoms with Gasteiger partial charge in [0.2, 0.25) is 0 Å². The monoisotopic (exact) mass is 285 g/mol. The van der Waals surface area contributed by atoms with Gasteiger partial charge in [-0.25, -0.2) is 0 Å². The lowest BCUT2D eigenvalue weighted by Crippen LogP contribution is -2.31. The maximum atomic E-state index is 4.70. The van der Waals surface area contributed by atoms with Crippen LogP contribution in [0.2, 0.25) is 0 Å². The molecule has 22 heavy (non-hydrogen) atoms. The molecule has 1 aliphatic heterocycles. The van der Waals surface area contributed by atoms with E-state index in [4.69, 9.17) is 4.98 Å². The normalized spacial score (nSPS) is 13.5. The number of hydrogen-bond donors (Lipinski definition) is 2. The Bertz CT molecular complexity index is 988. The van der Waals surface area contributed by atoms with E-state index in [0.29, 0.717) is 0 Å². The maximum absolute atomic E-state index is 4.70. The highest BCUT2D eigenvalue weighted by Gasteiger charge is 2.20. The summed E-state index contributed by atoms with van der Waals surface area (Å²) in [6, 6.07) is 22.8. The minimum absolute atomic E-state index is 1.02. The number of aromatic nitrogens is 1. The molecule has 0 unspecified atom stereocenters. The van der Waals surface area contributed by atoms with Crippen molar-refractivity contribution in [2.75, 3.05) is 10.4 Å². The molecule has 2 N–H and O–H groups in total. The quantitative estimate of drug-likeness (QED) is 0.556. The van der Waals surface area contributed by atoms with Gasteiger partial charge in [-0.05, 0) is 35.0 Å². The largest absolute Gasteiger partial charge is 0.657 e. The smallest absolute Gasteiger partial charge is 0.0846 e. The summed E-state index contributed by atoms with van der Waals surface area (Å²) in [7, 11) is 0. The number of hydrogen-bond acceptors (Lipinski definition) is 3. The average Bonchev–Trinajstić information content (AvgIpc) is 3.14. The third kappa shape index (κ3) is 1.55. The van der Waals surface area contributed by atoms with Gasteiger partial charge in [0.1, 0.15) is 0 Å². The van der Waals surface area contributed by atoms with Crippen molar-refractivity contribution in [1.29, 1.82) is 0 Å². The molecule has 4 aromatic rings. The Hall–Kier alpha value is -2.98. The molecule has 0 bridgehead atoms. The fourth-order valence-corrected chi connectivity index (χ4v) is 3.06. The van der Waals surface area contributed by atoms with Crippen LogP contribution in [-0.4, -0.2) is 0 Å². The van der Waals surface area contributed by atoms with Crippen molar-refractivity contribution in [2.45, 2.75) is 0 Å². The zero-order valence-electron chi connectivity index (χ0n) is 11.7. The highest BCUT2D eigenvalue weighted by Crippen LogP contribution is 2.39.